The number of halogens is 2. The molecular formula is C25H18Cl2N2O2. The van der Waals surface area contributed by atoms with Crippen LogP contribution in [-0.2, 0) is 22.6 Å². The summed E-state index contributed by atoms with van der Waals surface area (Å²) in [6.45, 7) is 0.762. The monoisotopic (exact) mass is 448 g/mol. The molecule has 0 bridgehead atoms. The molecule has 154 valence electrons. The molecule has 2 aliphatic rings. The molecular weight excluding hydrogens is 431 g/mol. The Kier molecular flexibility index (Phi) is 5.05. The second-order valence-electron chi connectivity index (χ2n) is 7.55. The zero-order valence-corrected chi connectivity index (χ0v) is 18.0. The van der Waals surface area contributed by atoms with Crippen LogP contribution in [0.1, 0.15) is 16.7 Å². The number of anilines is 1. The predicted octanol–water partition coefficient (Wildman–Crippen LogP) is 5.34. The van der Waals surface area contributed by atoms with Crippen LogP contribution < -0.4 is 4.90 Å². The van der Waals surface area contributed by atoms with Gasteiger partial charge in [-0.15, -0.1) is 0 Å². The molecule has 3 aromatic carbocycles. The highest BCUT2D eigenvalue weighted by atomic mass is 35.5. The molecule has 0 N–H and O–H groups in total. The summed E-state index contributed by atoms with van der Waals surface area (Å²) in [5, 5.41) is 1.10. The number of hydrogen-bond donors (Lipinski definition) is 0. The Balaban J connectivity index is 1.62. The van der Waals surface area contributed by atoms with Gasteiger partial charge in [0.15, 0.2) is 0 Å². The largest absolute Gasteiger partial charge is 0.336 e. The molecule has 0 aromatic heterocycles. The number of fused-ring (bicyclic) bond motifs is 1. The minimum atomic E-state index is -0.327. The molecule has 2 aliphatic heterocycles. The maximum absolute atomic E-state index is 13.6. The van der Waals surface area contributed by atoms with Gasteiger partial charge in [0.1, 0.15) is 5.70 Å². The van der Waals surface area contributed by atoms with Crippen LogP contribution in [-0.4, -0.2) is 23.3 Å². The van der Waals surface area contributed by atoms with Crippen LogP contribution in [0.3, 0.4) is 0 Å². The molecule has 0 aliphatic carbocycles. The lowest BCUT2D eigenvalue weighted by atomic mass is 10.0. The zero-order chi connectivity index (χ0) is 21.5. The average Bonchev–Trinajstić information content (AvgIpc) is 3.30. The molecule has 2 heterocycles. The summed E-state index contributed by atoms with van der Waals surface area (Å²) in [5.74, 6) is -0.641. The molecule has 5 rings (SSSR count). The number of nitrogens with zero attached hydrogens (tertiary/aromatic N) is 2. The van der Waals surface area contributed by atoms with Gasteiger partial charge in [-0.1, -0.05) is 71.7 Å². The number of hydrogen-bond acceptors (Lipinski definition) is 3. The summed E-state index contributed by atoms with van der Waals surface area (Å²) in [4.78, 5) is 30.4. The molecule has 0 radical (unpaired) electrons. The van der Waals surface area contributed by atoms with Crippen molar-refractivity contribution in [2.75, 3.05) is 11.4 Å². The number of benzene rings is 3. The van der Waals surface area contributed by atoms with Gasteiger partial charge >= 0.3 is 0 Å². The Morgan fingerprint density at radius 3 is 2.29 bits per heavy atom. The van der Waals surface area contributed by atoms with Crippen molar-refractivity contribution in [3.05, 3.63) is 105 Å². The van der Waals surface area contributed by atoms with E-state index in [1.54, 1.807) is 30.3 Å². The Morgan fingerprint density at radius 2 is 1.52 bits per heavy atom. The SMILES string of the molecule is O=C1C(c2ccc(Cl)cc2)=C(N2CCc3ccccc32)C(=O)N1Cc1ccccc1Cl. The molecule has 31 heavy (non-hydrogen) atoms. The quantitative estimate of drug-likeness (QED) is 0.506. The molecule has 4 nitrogen and oxygen atoms in total. The van der Waals surface area contributed by atoms with Crippen LogP contribution in [0.2, 0.25) is 10.0 Å². The predicted molar refractivity (Wildman–Crippen MR) is 123 cm³/mol. The fourth-order valence-electron chi connectivity index (χ4n) is 4.20. The highest BCUT2D eigenvalue weighted by molar-refractivity contribution is 6.37. The van der Waals surface area contributed by atoms with E-state index in [1.807, 2.05) is 41.3 Å². The number of para-hydroxylation sites is 1. The van der Waals surface area contributed by atoms with E-state index in [2.05, 4.69) is 6.07 Å². The maximum Gasteiger partial charge on any atom is 0.278 e. The lowest BCUT2D eigenvalue weighted by Gasteiger charge is -2.22. The van der Waals surface area contributed by atoms with Crippen LogP contribution in [0.25, 0.3) is 5.57 Å². The van der Waals surface area contributed by atoms with Crippen molar-refractivity contribution >= 4 is 46.3 Å². The first kappa shape index (κ1) is 19.9. The van der Waals surface area contributed by atoms with Crippen molar-refractivity contribution in [3.63, 3.8) is 0 Å². The van der Waals surface area contributed by atoms with E-state index in [0.29, 0.717) is 33.4 Å². The van der Waals surface area contributed by atoms with Gasteiger partial charge in [-0.05, 0) is 47.4 Å². The van der Waals surface area contributed by atoms with Crippen LogP contribution in [0.4, 0.5) is 5.69 Å². The van der Waals surface area contributed by atoms with E-state index in [-0.39, 0.29) is 18.4 Å². The third kappa shape index (κ3) is 3.42. The van der Waals surface area contributed by atoms with Gasteiger partial charge in [-0.3, -0.25) is 14.5 Å². The summed E-state index contributed by atoms with van der Waals surface area (Å²) in [6.07, 6.45) is 0.819. The second-order valence-corrected chi connectivity index (χ2v) is 8.39. The molecule has 0 saturated carbocycles. The Morgan fingerprint density at radius 1 is 0.806 bits per heavy atom. The van der Waals surface area contributed by atoms with Gasteiger partial charge in [0.2, 0.25) is 0 Å². The number of carbonyl (C=O) groups is 2. The minimum absolute atomic E-state index is 0.118. The highest BCUT2D eigenvalue weighted by Crippen LogP contribution is 2.39. The number of rotatable bonds is 4. The summed E-state index contributed by atoms with van der Waals surface area (Å²) in [6, 6.07) is 22.3. The van der Waals surface area contributed by atoms with Crippen LogP contribution in [0.15, 0.2) is 78.5 Å². The van der Waals surface area contributed by atoms with Crippen molar-refractivity contribution in [3.8, 4) is 0 Å². The zero-order valence-electron chi connectivity index (χ0n) is 16.5. The van der Waals surface area contributed by atoms with Gasteiger partial charge in [0.05, 0.1) is 12.1 Å². The topological polar surface area (TPSA) is 40.6 Å². The van der Waals surface area contributed by atoms with Gasteiger partial charge in [0, 0.05) is 22.3 Å². The Labute approximate surface area is 190 Å². The highest BCUT2D eigenvalue weighted by Gasteiger charge is 2.43. The number of amides is 2. The molecule has 0 fully saturated rings. The smallest absolute Gasteiger partial charge is 0.278 e. The van der Waals surface area contributed by atoms with Crippen molar-refractivity contribution < 1.29 is 9.59 Å². The van der Waals surface area contributed by atoms with E-state index in [4.69, 9.17) is 23.2 Å². The van der Waals surface area contributed by atoms with E-state index >= 15 is 0 Å². The third-order valence-electron chi connectivity index (χ3n) is 5.72. The lowest BCUT2D eigenvalue weighted by Crippen LogP contribution is -2.34. The third-order valence-corrected chi connectivity index (χ3v) is 6.34. The molecule has 0 atom stereocenters. The van der Waals surface area contributed by atoms with Crippen LogP contribution in [0.5, 0.6) is 0 Å². The summed E-state index contributed by atoms with van der Waals surface area (Å²) in [5.41, 5.74) is 4.32. The van der Waals surface area contributed by atoms with E-state index < -0.39 is 0 Å². The minimum Gasteiger partial charge on any atom is -0.336 e. The first-order valence-electron chi connectivity index (χ1n) is 10.00. The van der Waals surface area contributed by atoms with E-state index in [9.17, 15) is 9.59 Å². The normalized spacial score (nSPS) is 15.8. The standard InChI is InChI=1S/C25H18Cl2N2O2/c26-19-11-9-17(10-12-19)22-23(28-14-13-16-5-2-4-8-21(16)28)25(31)29(24(22)30)15-18-6-1-3-7-20(18)27/h1-12H,13-15H2. The Hall–Kier alpha value is -3.08. The molecule has 3 aromatic rings. The second kappa shape index (κ2) is 7.88. The van der Waals surface area contributed by atoms with Gasteiger partial charge < -0.3 is 4.90 Å². The van der Waals surface area contributed by atoms with Crippen LogP contribution >= 0.6 is 23.2 Å². The number of imide groups is 1. The maximum atomic E-state index is 13.6. The summed E-state index contributed by atoms with van der Waals surface area (Å²) in [7, 11) is 0. The lowest BCUT2D eigenvalue weighted by molar-refractivity contribution is -0.137. The molecule has 0 unspecified atom stereocenters. The summed E-state index contributed by atoms with van der Waals surface area (Å²) < 4.78 is 0. The fraction of sp³-hybridized carbons (Fsp3) is 0.120. The molecule has 0 saturated heterocycles. The fourth-order valence-corrected chi connectivity index (χ4v) is 4.52. The Bertz CT molecular complexity index is 1230. The van der Waals surface area contributed by atoms with Gasteiger partial charge in [0.25, 0.3) is 11.8 Å². The number of carbonyl (C=O) groups excluding carboxylic acids is 2. The van der Waals surface area contributed by atoms with Gasteiger partial charge in [-0.2, -0.15) is 0 Å². The van der Waals surface area contributed by atoms with E-state index in [0.717, 1.165) is 23.2 Å². The first-order valence-corrected chi connectivity index (χ1v) is 10.8. The van der Waals surface area contributed by atoms with Crippen molar-refractivity contribution in [1.82, 2.24) is 4.90 Å². The molecule has 2 amide bonds. The molecule has 6 heteroatoms. The van der Waals surface area contributed by atoms with Crippen molar-refractivity contribution in [2.24, 2.45) is 0 Å². The van der Waals surface area contributed by atoms with Crippen LogP contribution in [0, 0.1) is 0 Å². The first-order chi connectivity index (χ1) is 15.0. The van der Waals surface area contributed by atoms with Crippen molar-refractivity contribution in [1.29, 1.82) is 0 Å². The van der Waals surface area contributed by atoms with Crippen molar-refractivity contribution in [2.45, 2.75) is 13.0 Å². The van der Waals surface area contributed by atoms with E-state index in [1.165, 1.54) is 4.90 Å². The summed E-state index contributed by atoms with van der Waals surface area (Å²) >= 11 is 12.4. The van der Waals surface area contributed by atoms with Gasteiger partial charge in [-0.25, -0.2) is 0 Å². The molecule has 0 spiro atoms. The average molecular weight is 449 g/mol.